The zero-order chi connectivity index (χ0) is 16.5. The van der Waals surface area contributed by atoms with E-state index < -0.39 is 0 Å². The summed E-state index contributed by atoms with van der Waals surface area (Å²) in [5, 5.41) is 9.47. The van der Waals surface area contributed by atoms with E-state index in [-0.39, 0.29) is 18.2 Å². The van der Waals surface area contributed by atoms with E-state index in [9.17, 15) is 10.1 Å². The fourth-order valence-electron chi connectivity index (χ4n) is 2.46. The van der Waals surface area contributed by atoms with Crippen molar-refractivity contribution in [3.05, 3.63) is 29.8 Å². The van der Waals surface area contributed by atoms with E-state index in [0.29, 0.717) is 0 Å². The van der Waals surface area contributed by atoms with Crippen LogP contribution in [0.15, 0.2) is 24.3 Å². The average molecular weight is 301 g/mol. The lowest BCUT2D eigenvalue weighted by molar-refractivity contribution is -0.131. The van der Waals surface area contributed by atoms with Crippen molar-refractivity contribution in [1.82, 2.24) is 4.90 Å². The summed E-state index contributed by atoms with van der Waals surface area (Å²) in [6, 6.07) is 10.1. The molecule has 0 aliphatic rings. The Labute approximate surface area is 134 Å². The molecule has 0 N–H and O–H groups in total. The molecule has 4 nitrogen and oxygen atoms in total. The first-order valence-corrected chi connectivity index (χ1v) is 7.98. The van der Waals surface area contributed by atoms with Crippen LogP contribution < -0.4 is 4.90 Å². The highest BCUT2D eigenvalue weighted by molar-refractivity contribution is 5.77. The summed E-state index contributed by atoms with van der Waals surface area (Å²) in [5.74, 6) is -0.311. The second-order valence-corrected chi connectivity index (χ2v) is 5.76. The van der Waals surface area contributed by atoms with Crippen LogP contribution in [-0.4, -0.2) is 38.0 Å². The monoisotopic (exact) mass is 301 g/mol. The molecule has 0 spiro atoms. The van der Waals surface area contributed by atoms with Gasteiger partial charge in [0, 0.05) is 39.3 Å². The van der Waals surface area contributed by atoms with Gasteiger partial charge >= 0.3 is 0 Å². The van der Waals surface area contributed by atoms with Crippen LogP contribution in [0.4, 0.5) is 5.69 Å². The molecule has 0 saturated heterocycles. The molecule has 4 heteroatoms. The number of amides is 1. The standard InChI is InChI=1S/C18H27N3O/c1-5-10-21(11-6-2)18(22)13-16(14-19)15-8-7-9-17(12-15)20(3)4/h7-9,12,16H,5-6,10-11,13H2,1-4H3. The van der Waals surface area contributed by atoms with E-state index in [1.54, 1.807) is 0 Å². The van der Waals surface area contributed by atoms with Gasteiger partial charge in [-0.2, -0.15) is 5.26 Å². The predicted molar refractivity (Wildman–Crippen MR) is 90.9 cm³/mol. The Balaban J connectivity index is 2.86. The minimum absolute atomic E-state index is 0.0745. The Hall–Kier alpha value is -2.02. The summed E-state index contributed by atoms with van der Waals surface area (Å²) >= 11 is 0. The van der Waals surface area contributed by atoms with Crippen LogP contribution in [0, 0.1) is 11.3 Å². The quantitative estimate of drug-likeness (QED) is 0.739. The van der Waals surface area contributed by atoms with Crippen molar-refractivity contribution in [1.29, 1.82) is 5.26 Å². The molecule has 0 saturated carbocycles. The lowest BCUT2D eigenvalue weighted by Gasteiger charge is -2.23. The van der Waals surface area contributed by atoms with Crippen LogP contribution in [0.3, 0.4) is 0 Å². The van der Waals surface area contributed by atoms with Crippen LogP contribution in [-0.2, 0) is 4.79 Å². The van der Waals surface area contributed by atoms with Gasteiger partial charge in [-0.3, -0.25) is 4.79 Å². The smallest absolute Gasteiger partial charge is 0.224 e. The first kappa shape index (κ1) is 18.0. The maximum Gasteiger partial charge on any atom is 0.224 e. The van der Waals surface area contributed by atoms with E-state index in [1.807, 2.05) is 48.2 Å². The van der Waals surface area contributed by atoms with E-state index in [0.717, 1.165) is 37.2 Å². The molecule has 0 aliphatic carbocycles. The summed E-state index contributed by atoms with van der Waals surface area (Å²) in [6.45, 7) is 5.67. The third kappa shape index (κ3) is 5.07. The molecule has 1 unspecified atom stereocenters. The molecule has 1 atom stereocenters. The molecule has 1 aromatic rings. The Morgan fingerprint density at radius 1 is 1.23 bits per heavy atom. The van der Waals surface area contributed by atoms with Crippen molar-refractivity contribution in [3.8, 4) is 6.07 Å². The number of hydrogen-bond donors (Lipinski definition) is 0. The molecular weight excluding hydrogens is 274 g/mol. The molecule has 1 amide bonds. The Kier molecular flexibility index (Phi) is 7.45. The molecule has 0 heterocycles. The number of nitrogens with zero attached hydrogens (tertiary/aromatic N) is 3. The van der Waals surface area contributed by atoms with E-state index >= 15 is 0 Å². The summed E-state index contributed by atoms with van der Waals surface area (Å²) in [4.78, 5) is 16.3. The van der Waals surface area contributed by atoms with Gasteiger partial charge in [0.05, 0.1) is 12.0 Å². The number of anilines is 1. The maximum absolute atomic E-state index is 12.4. The molecular formula is C18H27N3O. The highest BCUT2D eigenvalue weighted by Gasteiger charge is 2.20. The van der Waals surface area contributed by atoms with Crippen LogP contribution in [0.5, 0.6) is 0 Å². The van der Waals surface area contributed by atoms with Gasteiger partial charge in [-0.25, -0.2) is 0 Å². The van der Waals surface area contributed by atoms with Crippen molar-refractivity contribution in [2.45, 2.75) is 39.0 Å². The van der Waals surface area contributed by atoms with Crippen LogP contribution in [0.25, 0.3) is 0 Å². The highest BCUT2D eigenvalue weighted by Crippen LogP contribution is 2.24. The Morgan fingerprint density at radius 3 is 2.36 bits per heavy atom. The summed E-state index contributed by atoms with van der Waals surface area (Å²) < 4.78 is 0. The van der Waals surface area contributed by atoms with Crippen molar-refractivity contribution < 1.29 is 4.79 Å². The van der Waals surface area contributed by atoms with Crippen molar-refractivity contribution >= 4 is 11.6 Å². The van der Waals surface area contributed by atoms with Gasteiger partial charge in [0.25, 0.3) is 0 Å². The number of hydrogen-bond acceptors (Lipinski definition) is 3. The molecule has 22 heavy (non-hydrogen) atoms. The molecule has 0 aromatic heterocycles. The van der Waals surface area contributed by atoms with Crippen molar-refractivity contribution in [3.63, 3.8) is 0 Å². The number of benzene rings is 1. The lowest BCUT2D eigenvalue weighted by atomic mass is 9.96. The number of carbonyl (C=O) groups excluding carboxylic acids is 1. The van der Waals surface area contributed by atoms with Crippen LogP contribution >= 0.6 is 0 Å². The predicted octanol–water partition coefficient (Wildman–Crippen LogP) is 3.40. The van der Waals surface area contributed by atoms with Gasteiger partial charge in [0.1, 0.15) is 0 Å². The van der Waals surface area contributed by atoms with Gasteiger partial charge in [-0.15, -0.1) is 0 Å². The average Bonchev–Trinajstić information content (AvgIpc) is 2.52. The molecule has 1 aromatic carbocycles. The van der Waals surface area contributed by atoms with Crippen molar-refractivity contribution in [2.75, 3.05) is 32.1 Å². The number of nitriles is 1. The summed E-state index contributed by atoms with van der Waals surface area (Å²) in [5.41, 5.74) is 1.96. The second kappa shape index (κ2) is 9.09. The fourth-order valence-corrected chi connectivity index (χ4v) is 2.46. The topological polar surface area (TPSA) is 47.3 Å². The number of rotatable bonds is 8. The Morgan fingerprint density at radius 2 is 1.86 bits per heavy atom. The van der Waals surface area contributed by atoms with Crippen LogP contribution in [0.1, 0.15) is 44.6 Å². The van der Waals surface area contributed by atoms with E-state index in [4.69, 9.17) is 0 Å². The molecule has 0 radical (unpaired) electrons. The minimum atomic E-state index is -0.386. The third-order valence-electron chi connectivity index (χ3n) is 3.66. The zero-order valence-corrected chi connectivity index (χ0v) is 14.2. The lowest BCUT2D eigenvalue weighted by Crippen LogP contribution is -2.33. The number of carbonyl (C=O) groups is 1. The second-order valence-electron chi connectivity index (χ2n) is 5.76. The summed E-state index contributed by atoms with van der Waals surface area (Å²) in [6.07, 6.45) is 2.14. The molecule has 120 valence electrons. The van der Waals surface area contributed by atoms with E-state index in [1.165, 1.54) is 0 Å². The fraction of sp³-hybridized carbons (Fsp3) is 0.556. The van der Waals surface area contributed by atoms with Gasteiger partial charge in [-0.1, -0.05) is 26.0 Å². The molecule has 0 fully saturated rings. The highest BCUT2D eigenvalue weighted by atomic mass is 16.2. The first-order valence-electron chi connectivity index (χ1n) is 7.98. The third-order valence-corrected chi connectivity index (χ3v) is 3.66. The molecule has 0 bridgehead atoms. The zero-order valence-electron chi connectivity index (χ0n) is 14.2. The normalized spacial score (nSPS) is 11.6. The van der Waals surface area contributed by atoms with Crippen LogP contribution in [0.2, 0.25) is 0 Å². The van der Waals surface area contributed by atoms with Crippen molar-refractivity contribution in [2.24, 2.45) is 0 Å². The SMILES string of the molecule is CCCN(CCC)C(=O)CC(C#N)c1cccc(N(C)C)c1. The summed E-state index contributed by atoms with van der Waals surface area (Å²) in [7, 11) is 3.94. The Bertz CT molecular complexity index is 513. The minimum Gasteiger partial charge on any atom is -0.378 e. The largest absolute Gasteiger partial charge is 0.378 e. The van der Waals surface area contributed by atoms with Gasteiger partial charge in [0.2, 0.25) is 5.91 Å². The van der Waals surface area contributed by atoms with Gasteiger partial charge < -0.3 is 9.80 Å². The first-order chi connectivity index (χ1) is 10.5. The van der Waals surface area contributed by atoms with Gasteiger partial charge in [0.15, 0.2) is 0 Å². The molecule has 1 rings (SSSR count). The van der Waals surface area contributed by atoms with Gasteiger partial charge in [-0.05, 0) is 30.5 Å². The van der Waals surface area contributed by atoms with E-state index in [2.05, 4.69) is 19.9 Å². The molecule has 0 aliphatic heterocycles. The maximum atomic E-state index is 12.4.